The molecule has 0 aromatic heterocycles. The maximum Gasteiger partial charge on any atom is 0.389 e. The lowest BCUT2D eigenvalue weighted by Crippen LogP contribution is -2.58. The van der Waals surface area contributed by atoms with Gasteiger partial charge in [0.25, 0.3) is 0 Å². The Morgan fingerprint density at radius 2 is 2.00 bits per heavy atom. The fourth-order valence-electron chi connectivity index (χ4n) is 3.24. The quantitative estimate of drug-likeness (QED) is 0.744. The zero-order valence-electron chi connectivity index (χ0n) is 12.2. The van der Waals surface area contributed by atoms with E-state index >= 15 is 0 Å². The molecule has 2 rings (SSSR count). The van der Waals surface area contributed by atoms with Crippen molar-refractivity contribution in [1.82, 2.24) is 4.90 Å². The van der Waals surface area contributed by atoms with Crippen LogP contribution >= 0.6 is 0 Å². The summed E-state index contributed by atoms with van der Waals surface area (Å²) in [5, 5.41) is 0. The largest absolute Gasteiger partial charge is 0.389 e. The van der Waals surface area contributed by atoms with Crippen LogP contribution in [0.25, 0.3) is 0 Å². The summed E-state index contributed by atoms with van der Waals surface area (Å²) in [6.45, 7) is 7.01. The minimum absolute atomic E-state index is 0.0583. The molecule has 2 fully saturated rings. The Bertz CT molecular complexity index is 324. The first-order valence-corrected chi connectivity index (χ1v) is 7.39. The highest BCUT2D eigenvalue weighted by molar-refractivity contribution is 4.98. The predicted molar refractivity (Wildman–Crippen MR) is 69.7 cm³/mol. The van der Waals surface area contributed by atoms with Crippen LogP contribution in [0.15, 0.2) is 0 Å². The number of morpholine rings is 1. The molecule has 2 aliphatic heterocycles. The van der Waals surface area contributed by atoms with E-state index in [2.05, 4.69) is 4.90 Å². The van der Waals surface area contributed by atoms with Gasteiger partial charge in [0.15, 0.2) is 0 Å². The first-order valence-electron chi connectivity index (χ1n) is 7.39. The van der Waals surface area contributed by atoms with E-state index in [1.165, 1.54) is 0 Å². The molecule has 20 heavy (non-hydrogen) atoms. The van der Waals surface area contributed by atoms with Gasteiger partial charge in [-0.3, -0.25) is 4.90 Å². The normalized spacial score (nSPS) is 35.9. The third-order valence-corrected chi connectivity index (χ3v) is 4.26. The first-order chi connectivity index (χ1) is 9.31. The van der Waals surface area contributed by atoms with Crippen molar-refractivity contribution in [3.63, 3.8) is 0 Å². The molecule has 0 bridgehead atoms. The second kappa shape index (κ2) is 6.20. The number of ether oxygens (including phenoxy) is 2. The van der Waals surface area contributed by atoms with Crippen LogP contribution in [-0.4, -0.2) is 55.1 Å². The van der Waals surface area contributed by atoms with Gasteiger partial charge >= 0.3 is 6.18 Å². The van der Waals surface area contributed by atoms with Crippen LogP contribution in [-0.2, 0) is 9.47 Å². The van der Waals surface area contributed by atoms with Gasteiger partial charge in [-0.15, -0.1) is 0 Å². The van der Waals surface area contributed by atoms with Gasteiger partial charge in [-0.1, -0.05) is 0 Å². The van der Waals surface area contributed by atoms with Gasteiger partial charge in [-0.05, 0) is 33.2 Å². The van der Waals surface area contributed by atoms with Gasteiger partial charge in [0, 0.05) is 32.5 Å². The number of unbranched alkanes of at least 4 members (excludes halogenated alkanes) is 1. The van der Waals surface area contributed by atoms with E-state index in [0.717, 1.165) is 19.5 Å². The summed E-state index contributed by atoms with van der Waals surface area (Å²) in [5.74, 6) is 0. The first kappa shape index (κ1) is 16.0. The van der Waals surface area contributed by atoms with Crippen molar-refractivity contribution in [3.05, 3.63) is 0 Å². The van der Waals surface area contributed by atoms with Crippen LogP contribution < -0.4 is 0 Å². The molecule has 6 heteroatoms. The number of nitrogens with zero attached hydrogens (tertiary/aromatic N) is 1. The molecule has 0 saturated carbocycles. The summed E-state index contributed by atoms with van der Waals surface area (Å²) >= 11 is 0. The van der Waals surface area contributed by atoms with Crippen molar-refractivity contribution in [2.75, 3.05) is 26.2 Å². The molecule has 0 aliphatic carbocycles. The SMILES string of the molecule is CC1CN(CCCCC(F)(F)F)CC2(CCOC2C)O1. The zero-order chi connectivity index (χ0) is 14.8. The molecular formula is C14H24F3NO2. The highest BCUT2D eigenvalue weighted by atomic mass is 19.4. The third kappa shape index (κ3) is 4.09. The van der Waals surface area contributed by atoms with Gasteiger partial charge in [0.2, 0.25) is 0 Å². The van der Waals surface area contributed by atoms with Gasteiger partial charge in [-0.2, -0.15) is 13.2 Å². The molecule has 0 N–H and O–H groups in total. The molecule has 0 aromatic carbocycles. The lowest BCUT2D eigenvalue weighted by Gasteiger charge is -2.45. The summed E-state index contributed by atoms with van der Waals surface area (Å²) in [4.78, 5) is 2.23. The second-order valence-electron chi connectivity index (χ2n) is 6.06. The standard InChI is InChI=1S/C14H24F3NO2/c1-11-9-18(7-4-3-5-14(15,16)17)10-13(20-11)6-8-19-12(13)2/h11-12H,3-10H2,1-2H3. The molecule has 3 nitrogen and oxygen atoms in total. The fraction of sp³-hybridized carbons (Fsp3) is 1.00. The second-order valence-corrected chi connectivity index (χ2v) is 6.06. The number of alkyl halides is 3. The van der Waals surface area contributed by atoms with Crippen LogP contribution in [0.4, 0.5) is 13.2 Å². The Hall–Kier alpha value is -0.330. The van der Waals surface area contributed by atoms with Gasteiger partial charge in [0.05, 0.1) is 12.2 Å². The highest BCUT2D eigenvalue weighted by Gasteiger charge is 2.47. The highest BCUT2D eigenvalue weighted by Crippen LogP contribution is 2.35. The van der Waals surface area contributed by atoms with E-state index in [-0.39, 0.29) is 24.2 Å². The Morgan fingerprint density at radius 3 is 2.60 bits per heavy atom. The molecule has 0 radical (unpaired) electrons. The average molecular weight is 295 g/mol. The molecular weight excluding hydrogens is 271 g/mol. The van der Waals surface area contributed by atoms with Crippen LogP contribution in [0.5, 0.6) is 0 Å². The molecule has 3 unspecified atom stereocenters. The molecule has 0 aromatic rings. The number of hydrogen-bond acceptors (Lipinski definition) is 3. The molecule has 3 atom stereocenters. The van der Waals surface area contributed by atoms with Crippen molar-refractivity contribution in [1.29, 1.82) is 0 Å². The van der Waals surface area contributed by atoms with Crippen molar-refractivity contribution >= 4 is 0 Å². The summed E-state index contributed by atoms with van der Waals surface area (Å²) < 4.78 is 48.1. The lowest BCUT2D eigenvalue weighted by molar-refractivity contribution is -0.169. The number of rotatable bonds is 4. The van der Waals surface area contributed by atoms with Crippen molar-refractivity contribution in [2.45, 2.75) is 63.5 Å². The molecule has 1 spiro atoms. The van der Waals surface area contributed by atoms with E-state index in [1.54, 1.807) is 0 Å². The maximum absolute atomic E-state index is 12.1. The molecule has 2 aliphatic rings. The van der Waals surface area contributed by atoms with Crippen molar-refractivity contribution < 1.29 is 22.6 Å². The lowest BCUT2D eigenvalue weighted by atomic mass is 9.93. The predicted octanol–water partition coefficient (Wildman–Crippen LogP) is 2.99. The fourth-order valence-corrected chi connectivity index (χ4v) is 3.24. The van der Waals surface area contributed by atoms with E-state index in [1.807, 2.05) is 13.8 Å². The number of hydrogen-bond donors (Lipinski definition) is 0. The Balaban J connectivity index is 1.80. The summed E-state index contributed by atoms with van der Waals surface area (Å²) in [6.07, 6.45) is -2.90. The van der Waals surface area contributed by atoms with E-state index < -0.39 is 12.6 Å². The summed E-state index contributed by atoms with van der Waals surface area (Å²) in [6, 6.07) is 0. The van der Waals surface area contributed by atoms with E-state index in [9.17, 15) is 13.2 Å². The smallest absolute Gasteiger partial charge is 0.375 e. The van der Waals surface area contributed by atoms with E-state index in [0.29, 0.717) is 19.6 Å². The van der Waals surface area contributed by atoms with Gasteiger partial charge in [0.1, 0.15) is 5.60 Å². The molecule has 0 amide bonds. The van der Waals surface area contributed by atoms with Crippen molar-refractivity contribution in [2.24, 2.45) is 0 Å². The molecule has 2 heterocycles. The molecule has 2 saturated heterocycles. The van der Waals surface area contributed by atoms with Crippen LogP contribution in [0, 0.1) is 0 Å². The minimum Gasteiger partial charge on any atom is -0.375 e. The average Bonchev–Trinajstić information content (AvgIpc) is 2.64. The summed E-state index contributed by atoms with van der Waals surface area (Å²) in [5.41, 5.74) is -0.262. The van der Waals surface area contributed by atoms with Crippen LogP contribution in [0.3, 0.4) is 0 Å². The van der Waals surface area contributed by atoms with Crippen LogP contribution in [0.1, 0.15) is 39.5 Å². The Labute approximate surface area is 118 Å². The Kier molecular flexibility index (Phi) is 4.97. The third-order valence-electron chi connectivity index (χ3n) is 4.26. The van der Waals surface area contributed by atoms with Crippen molar-refractivity contribution in [3.8, 4) is 0 Å². The molecule has 118 valence electrons. The van der Waals surface area contributed by atoms with Gasteiger partial charge < -0.3 is 9.47 Å². The summed E-state index contributed by atoms with van der Waals surface area (Å²) in [7, 11) is 0. The van der Waals surface area contributed by atoms with E-state index in [4.69, 9.17) is 9.47 Å². The van der Waals surface area contributed by atoms with Crippen LogP contribution in [0.2, 0.25) is 0 Å². The number of halogens is 3. The Morgan fingerprint density at radius 1 is 1.25 bits per heavy atom. The van der Waals surface area contributed by atoms with Gasteiger partial charge in [-0.25, -0.2) is 0 Å². The minimum atomic E-state index is -4.03. The maximum atomic E-state index is 12.1. The monoisotopic (exact) mass is 295 g/mol. The topological polar surface area (TPSA) is 21.7 Å². The zero-order valence-corrected chi connectivity index (χ0v) is 12.2.